The fraction of sp³-hybridized carbons (Fsp3) is 0.429. The number of likely N-dealkylation sites (tertiary alicyclic amines) is 1. The maximum atomic E-state index is 13.2. The van der Waals surface area contributed by atoms with Gasteiger partial charge in [-0.3, -0.25) is 4.79 Å². The standard InChI is InChI=1S/C14H14F3N5O2/c15-14(16,17)11-4-2-1-3-10(11)12-5-9(23)6-22(12)13(24)7-21-8-18-19-20-21/h1-4,8-9,12,23H,5-7H2/t9-,12-/m0/s1. The van der Waals surface area contributed by atoms with Crippen LogP contribution in [-0.4, -0.2) is 48.8 Å². The number of aliphatic hydroxyl groups is 1. The number of β-amino-alcohol motifs (C(OH)–C–C–N with tert-alkyl or cyclic N) is 1. The van der Waals surface area contributed by atoms with Gasteiger partial charge in [-0.2, -0.15) is 13.2 Å². The van der Waals surface area contributed by atoms with Gasteiger partial charge in [0.25, 0.3) is 0 Å². The lowest BCUT2D eigenvalue weighted by atomic mass is 9.97. The smallest absolute Gasteiger partial charge is 0.391 e. The molecule has 7 nitrogen and oxygen atoms in total. The van der Waals surface area contributed by atoms with Crippen LogP contribution in [0.25, 0.3) is 0 Å². The van der Waals surface area contributed by atoms with Crippen molar-refractivity contribution in [2.45, 2.75) is 31.3 Å². The predicted molar refractivity (Wildman–Crippen MR) is 74.3 cm³/mol. The van der Waals surface area contributed by atoms with E-state index in [0.717, 1.165) is 6.07 Å². The van der Waals surface area contributed by atoms with Crippen molar-refractivity contribution < 1.29 is 23.1 Å². The van der Waals surface area contributed by atoms with Crippen LogP contribution in [0.2, 0.25) is 0 Å². The highest BCUT2D eigenvalue weighted by atomic mass is 19.4. The highest BCUT2D eigenvalue weighted by molar-refractivity contribution is 5.77. The summed E-state index contributed by atoms with van der Waals surface area (Å²) in [6, 6.07) is 4.25. The van der Waals surface area contributed by atoms with Crippen LogP contribution >= 0.6 is 0 Å². The molecule has 0 spiro atoms. The molecule has 2 heterocycles. The van der Waals surface area contributed by atoms with Gasteiger partial charge in [-0.1, -0.05) is 18.2 Å². The first kappa shape index (κ1) is 16.4. The molecule has 10 heteroatoms. The number of carbonyl (C=O) groups excluding carboxylic acids is 1. The Bertz CT molecular complexity index is 719. The van der Waals surface area contributed by atoms with Gasteiger partial charge in [-0.05, 0) is 28.5 Å². The Morgan fingerprint density at radius 3 is 2.75 bits per heavy atom. The minimum atomic E-state index is -4.53. The number of nitrogens with zero attached hydrogens (tertiary/aromatic N) is 5. The molecule has 1 N–H and O–H groups in total. The van der Waals surface area contributed by atoms with E-state index in [1.807, 2.05) is 0 Å². The highest BCUT2D eigenvalue weighted by Gasteiger charge is 2.41. The number of hydrogen-bond donors (Lipinski definition) is 1. The molecule has 3 rings (SSSR count). The maximum absolute atomic E-state index is 13.2. The van der Waals surface area contributed by atoms with Crippen LogP contribution in [0.15, 0.2) is 30.6 Å². The first-order chi connectivity index (χ1) is 11.4. The van der Waals surface area contributed by atoms with Crippen molar-refractivity contribution in [3.63, 3.8) is 0 Å². The quantitative estimate of drug-likeness (QED) is 0.901. The largest absolute Gasteiger partial charge is 0.416 e. The molecule has 128 valence electrons. The summed E-state index contributed by atoms with van der Waals surface area (Å²) in [7, 11) is 0. The van der Waals surface area contributed by atoms with Gasteiger partial charge in [0.15, 0.2) is 0 Å². The summed E-state index contributed by atoms with van der Waals surface area (Å²) in [6.45, 7) is -0.234. The predicted octanol–water partition coefficient (Wildman–Crippen LogP) is 1.03. The number of benzene rings is 1. The molecule has 1 aromatic carbocycles. The van der Waals surface area contributed by atoms with Crippen LogP contribution in [0.3, 0.4) is 0 Å². The van der Waals surface area contributed by atoms with E-state index in [1.165, 1.54) is 34.1 Å². The number of aliphatic hydroxyl groups excluding tert-OH is 1. The highest BCUT2D eigenvalue weighted by Crippen LogP contribution is 2.40. The summed E-state index contributed by atoms with van der Waals surface area (Å²) in [5.41, 5.74) is -0.823. The van der Waals surface area contributed by atoms with Crippen LogP contribution in [0.4, 0.5) is 13.2 Å². The van der Waals surface area contributed by atoms with E-state index < -0.39 is 29.8 Å². The van der Waals surface area contributed by atoms with Crippen LogP contribution in [0, 0.1) is 0 Å². The number of tetrazole rings is 1. The topological polar surface area (TPSA) is 84.1 Å². The van der Waals surface area contributed by atoms with E-state index in [1.54, 1.807) is 0 Å². The third kappa shape index (κ3) is 3.23. The van der Waals surface area contributed by atoms with Crippen molar-refractivity contribution in [3.05, 3.63) is 41.7 Å². The normalized spacial score (nSPS) is 21.2. The maximum Gasteiger partial charge on any atom is 0.416 e. The van der Waals surface area contributed by atoms with Gasteiger partial charge >= 0.3 is 6.18 Å². The zero-order valence-corrected chi connectivity index (χ0v) is 12.4. The minimum Gasteiger partial charge on any atom is -0.391 e. The Balaban J connectivity index is 1.90. The van der Waals surface area contributed by atoms with Crippen LogP contribution in [-0.2, 0) is 17.5 Å². The molecule has 1 aromatic heterocycles. The summed E-state index contributed by atoms with van der Waals surface area (Å²) in [4.78, 5) is 13.7. The molecule has 0 unspecified atom stereocenters. The Hall–Kier alpha value is -2.49. The number of amides is 1. The first-order valence-electron chi connectivity index (χ1n) is 7.20. The van der Waals surface area contributed by atoms with Gasteiger partial charge in [0.05, 0.1) is 17.7 Å². The summed E-state index contributed by atoms with van der Waals surface area (Å²) >= 11 is 0. The summed E-state index contributed by atoms with van der Waals surface area (Å²) in [5, 5.41) is 20.3. The molecular weight excluding hydrogens is 327 g/mol. The lowest BCUT2D eigenvalue weighted by molar-refractivity contribution is -0.140. The molecular formula is C14H14F3N5O2. The van der Waals surface area contributed by atoms with E-state index in [4.69, 9.17) is 0 Å². The molecule has 1 aliphatic rings. The Kier molecular flexibility index (Phi) is 4.22. The van der Waals surface area contributed by atoms with Crippen molar-refractivity contribution >= 4 is 5.91 Å². The van der Waals surface area contributed by atoms with Gasteiger partial charge in [-0.15, -0.1) is 5.10 Å². The van der Waals surface area contributed by atoms with Gasteiger partial charge in [0.2, 0.25) is 5.91 Å². The Morgan fingerprint density at radius 1 is 1.33 bits per heavy atom. The van der Waals surface area contributed by atoms with E-state index in [2.05, 4.69) is 15.5 Å². The Labute approximate surface area is 134 Å². The summed E-state index contributed by atoms with van der Waals surface area (Å²) < 4.78 is 40.9. The van der Waals surface area contributed by atoms with Gasteiger partial charge in [0, 0.05) is 6.54 Å². The van der Waals surface area contributed by atoms with E-state index in [9.17, 15) is 23.1 Å². The fourth-order valence-corrected chi connectivity index (χ4v) is 2.91. The van der Waals surface area contributed by atoms with Crippen molar-refractivity contribution in [1.82, 2.24) is 25.1 Å². The molecule has 0 saturated carbocycles. The number of carbonyl (C=O) groups is 1. The monoisotopic (exact) mass is 341 g/mol. The second-order valence-electron chi connectivity index (χ2n) is 5.54. The second-order valence-corrected chi connectivity index (χ2v) is 5.54. The summed E-state index contributed by atoms with van der Waals surface area (Å²) in [5.74, 6) is -0.458. The van der Waals surface area contributed by atoms with Crippen molar-refractivity contribution in [2.75, 3.05) is 6.54 Å². The lowest BCUT2D eigenvalue weighted by Crippen LogP contribution is -2.35. The molecule has 0 bridgehead atoms. The fourth-order valence-electron chi connectivity index (χ4n) is 2.91. The van der Waals surface area contributed by atoms with Crippen molar-refractivity contribution in [3.8, 4) is 0 Å². The SMILES string of the molecule is O=C(Cn1cnnn1)N1C[C@@H](O)C[C@H]1c1ccccc1C(F)(F)F. The lowest BCUT2D eigenvalue weighted by Gasteiger charge is -2.27. The molecule has 1 saturated heterocycles. The zero-order valence-electron chi connectivity index (χ0n) is 12.4. The van der Waals surface area contributed by atoms with Gasteiger partial charge in [-0.25, -0.2) is 4.68 Å². The molecule has 0 aliphatic carbocycles. The van der Waals surface area contributed by atoms with E-state index in [0.29, 0.717) is 0 Å². The molecule has 2 aromatic rings. The van der Waals surface area contributed by atoms with Crippen LogP contribution in [0.1, 0.15) is 23.6 Å². The van der Waals surface area contributed by atoms with Gasteiger partial charge in [0.1, 0.15) is 12.9 Å². The van der Waals surface area contributed by atoms with E-state index in [-0.39, 0.29) is 25.1 Å². The molecule has 0 radical (unpaired) electrons. The van der Waals surface area contributed by atoms with Crippen LogP contribution in [0.5, 0.6) is 0 Å². The number of rotatable bonds is 3. The van der Waals surface area contributed by atoms with Crippen molar-refractivity contribution in [2.24, 2.45) is 0 Å². The third-order valence-corrected chi connectivity index (χ3v) is 3.91. The Morgan fingerprint density at radius 2 is 2.08 bits per heavy atom. The first-order valence-corrected chi connectivity index (χ1v) is 7.20. The average molecular weight is 341 g/mol. The molecule has 1 fully saturated rings. The number of halogens is 3. The zero-order chi connectivity index (χ0) is 17.3. The molecule has 24 heavy (non-hydrogen) atoms. The van der Waals surface area contributed by atoms with Crippen LogP contribution < -0.4 is 0 Å². The second kappa shape index (κ2) is 6.19. The number of hydrogen-bond acceptors (Lipinski definition) is 5. The van der Waals surface area contributed by atoms with E-state index >= 15 is 0 Å². The average Bonchev–Trinajstić information content (AvgIpc) is 3.15. The van der Waals surface area contributed by atoms with Crippen molar-refractivity contribution in [1.29, 1.82) is 0 Å². The third-order valence-electron chi connectivity index (χ3n) is 3.91. The molecule has 2 atom stereocenters. The minimum absolute atomic E-state index is 0.0217. The molecule has 1 aliphatic heterocycles. The van der Waals surface area contributed by atoms with Gasteiger partial charge < -0.3 is 10.0 Å². The number of aromatic nitrogens is 4. The summed E-state index contributed by atoms with van der Waals surface area (Å²) in [6.07, 6.45) is -4.12. The molecule has 1 amide bonds. The number of alkyl halides is 3.